The van der Waals surface area contributed by atoms with Gasteiger partial charge < -0.3 is 10.6 Å². The first-order valence-electron chi connectivity index (χ1n) is 10.4. The monoisotopic (exact) mass is 441 g/mol. The molecule has 1 fully saturated rings. The Labute approximate surface area is 190 Å². The Morgan fingerprint density at radius 1 is 0.875 bits per heavy atom. The van der Waals surface area contributed by atoms with Gasteiger partial charge in [0.25, 0.3) is 5.91 Å². The van der Waals surface area contributed by atoms with Crippen molar-refractivity contribution in [2.24, 2.45) is 5.92 Å². The fourth-order valence-electron chi connectivity index (χ4n) is 3.62. The third kappa shape index (κ3) is 4.20. The summed E-state index contributed by atoms with van der Waals surface area (Å²) in [5, 5.41) is 8.41. The van der Waals surface area contributed by atoms with Gasteiger partial charge in [0.1, 0.15) is 0 Å². The predicted molar refractivity (Wildman–Crippen MR) is 128 cm³/mol. The topological polar surface area (TPSA) is 71.1 Å². The largest absolute Gasteiger partial charge is 0.326 e. The Kier molecular flexibility index (Phi) is 5.33. The van der Waals surface area contributed by atoms with E-state index in [9.17, 15) is 9.59 Å². The first kappa shape index (κ1) is 20.2. The first-order chi connectivity index (χ1) is 15.6. The molecule has 158 valence electrons. The summed E-state index contributed by atoms with van der Waals surface area (Å²) in [6, 6.07) is 22.1. The molecule has 32 heavy (non-hydrogen) atoms. The minimum Gasteiger partial charge on any atom is -0.326 e. The highest BCUT2D eigenvalue weighted by Crippen LogP contribution is 2.34. The fraction of sp³-hybridized carbons (Fsp3) is 0.115. The number of benzene rings is 3. The van der Waals surface area contributed by atoms with Crippen molar-refractivity contribution in [3.63, 3.8) is 0 Å². The van der Waals surface area contributed by atoms with Crippen molar-refractivity contribution in [3.05, 3.63) is 89.6 Å². The molecular formula is C26H20ClN3O2. The number of carbonyl (C=O) groups is 2. The number of rotatable bonds is 5. The average Bonchev–Trinajstić information content (AvgIpc) is 3.66. The van der Waals surface area contributed by atoms with Gasteiger partial charge >= 0.3 is 0 Å². The summed E-state index contributed by atoms with van der Waals surface area (Å²) in [4.78, 5) is 29.2. The molecule has 6 heteroatoms. The van der Waals surface area contributed by atoms with Gasteiger partial charge in [0, 0.05) is 40.0 Å². The van der Waals surface area contributed by atoms with E-state index in [1.807, 2.05) is 36.4 Å². The minimum atomic E-state index is -0.246. The number of carbonyl (C=O) groups excluding carboxylic acids is 2. The third-order valence-electron chi connectivity index (χ3n) is 5.52. The smallest absolute Gasteiger partial charge is 0.255 e. The Bertz CT molecular complexity index is 1330. The number of nitrogens with one attached hydrogen (secondary N) is 2. The van der Waals surface area contributed by atoms with Gasteiger partial charge in [0.2, 0.25) is 5.91 Å². The van der Waals surface area contributed by atoms with Crippen molar-refractivity contribution in [3.8, 4) is 11.3 Å². The molecule has 0 unspecified atom stereocenters. The fourth-order valence-corrected chi connectivity index (χ4v) is 3.82. The first-order valence-corrected chi connectivity index (χ1v) is 10.8. The van der Waals surface area contributed by atoms with E-state index >= 15 is 0 Å². The Morgan fingerprint density at radius 2 is 1.62 bits per heavy atom. The van der Waals surface area contributed by atoms with E-state index in [1.165, 1.54) is 0 Å². The maximum absolute atomic E-state index is 12.8. The van der Waals surface area contributed by atoms with E-state index in [2.05, 4.69) is 15.6 Å². The van der Waals surface area contributed by atoms with Crippen LogP contribution in [0, 0.1) is 5.92 Å². The summed E-state index contributed by atoms with van der Waals surface area (Å²) in [5.41, 5.74) is 3.32. The van der Waals surface area contributed by atoms with Gasteiger partial charge in [-0.15, -0.1) is 0 Å². The van der Waals surface area contributed by atoms with Gasteiger partial charge in [-0.2, -0.15) is 0 Å². The van der Waals surface area contributed by atoms with Crippen LogP contribution < -0.4 is 10.6 Å². The van der Waals surface area contributed by atoms with Gasteiger partial charge in [-0.3, -0.25) is 14.6 Å². The second-order valence-corrected chi connectivity index (χ2v) is 8.28. The average molecular weight is 442 g/mol. The van der Waals surface area contributed by atoms with Crippen LogP contribution in [0.15, 0.2) is 79.0 Å². The number of anilines is 2. The Morgan fingerprint density at radius 3 is 2.41 bits per heavy atom. The van der Waals surface area contributed by atoms with Crippen LogP contribution in [0.5, 0.6) is 0 Å². The molecule has 1 aromatic heterocycles. The van der Waals surface area contributed by atoms with Crippen molar-refractivity contribution in [2.45, 2.75) is 12.8 Å². The number of aromatic nitrogens is 1. The zero-order valence-corrected chi connectivity index (χ0v) is 17.9. The lowest BCUT2D eigenvalue weighted by Gasteiger charge is -2.11. The van der Waals surface area contributed by atoms with E-state index < -0.39 is 0 Å². The van der Waals surface area contributed by atoms with Crippen LogP contribution in [0.3, 0.4) is 0 Å². The number of hydrogen-bond acceptors (Lipinski definition) is 3. The second kappa shape index (κ2) is 8.44. The standard InChI is InChI=1S/C26H20ClN3O2/c27-23-12-11-20(15-22(23)24-21-4-2-1-3-16(21)13-14-28-24)30-26(32)18-7-9-19(10-8-18)29-25(31)17-5-6-17/h1-4,7-15,17H,5-6H2,(H,29,31)(H,30,32). The number of fused-ring (bicyclic) bond motifs is 1. The number of hydrogen-bond donors (Lipinski definition) is 2. The molecule has 3 aromatic carbocycles. The van der Waals surface area contributed by atoms with Crippen LogP contribution in [0.25, 0.3) is 22.0 Å². The van der Waals surface area contributed by atoms with Gasteiger partial charge in [-0.25, -0.2) is 0 Å². The molecule has 0 radical (unpaired) electrons. The highest BCUT2D eigenvalue weighted by molar-refractivity contribution is 6.33. The molecule has 1 aliphatic carbocycles. The van der Waals surface area contributed by atoms with Gasteiger partial charge in [0.05, 0.1) is 10.7 Å². The molecule has 0 saturated heterocycles. The summed E-state index contributed by atoms with van der Waals surface area (Å²) >= 11 is 6.48. The van der Waals surface area contributed by atoms with Crippen LogP contribution in [-0.2, 0) is 4.79 Å². The molecule has 1 aliphatic rings. The van der Waals surface area contributed by atoms with Crippen molar-refractivity contribution < 1.29 is 9.59 Å². The number of pyridine rings is 1. The van der Waals surface area contributed by atoms with Crippen molar-refractivity contribution >= 4 is 45.6 Å². The van der Waals surface area contributed by atoms with Gasteiger partial charge in [-0.1, -0.05) is 35.9 Å². The molecule has 0 aliphatic heterocycles. The maximum Gasteiger partial charge on any atom is 0.255 e. The summed E-state index contributed by atoms with van der Waals surface area (Å²) < 4.78 is 0. The highest BCUT2D eigenvalue weighted by atomic mass is 35.5. The number of halogens is 1. The second-order valence-electron chi connectivity index (χ2n) is 7.87. The van der Waals surface area contributed by atoms with Crippen molar-refractivity contribution in [2.75, 3.05) is 10.6 Å². The van der Waals surface area contributed by atoms with E-state index in [4.69, 9.17) is 11.6 Å². The molecule has 0 atom stereocenters. The predicted octanol–water partition coefficient (Wildman–Crippen LogP) is 6.16. The molecule has 2 N–H and O–H groups in total. The summed E-state index contributed by atoms with van der Waals surface area (Å²) in [6.07, 6.45) is 3.65. The van der Waals surface area contributed by atoms with Crippen molar-refractivity contribution in [1.82, 2.24) is 4.98 Å². The summed E-state index contributed by atoms with van der Waals surface area (Å²) in [5.74, 6) is -0.0736. The van der Waals surface area contributed by atoms with Gasteiger partial charge in [-0.05, 0) is 66.8 Å². The lowest BCUT2D eigenvalue weighted by atomic mass is 10.0. The number of nitrogens with zero attached hydrogens (tertiary/aromatic N) is 1. The lowest BCUT2D eigenvalue weighted by Crippen LogP contribution is -2.14. The quantitative estimate of drug-likeness (QED) is 0.390. The molecule has 5 nitrogen and oxygen atoms in total. The van der Waals surface area contributed by atoms with Crippen LogP contribution in [0.2, 0.25) is 5.02 Å². The minimum absolute atomic E-state index is 0.0398. The summed E-state index contributed by atoms with van der Waals surface area (Å²) in [7, 11) is 0. The van der Waals surface area contributed by atoms with Crippen molar-refractivity contribution in [1.29, 1.82) is 0 Å². The Balaban J connectivity index is 1.36. The molecule has 4 aromatic rings. The van der Waals surface area contributed by atoms with E-state index in [0.29, 0.717) is 22.0 Å². The van der Waals surface area contributed by atoms with Crippen LogP contribution in [-0.4, -0.2) is 16.8 Å². The van der Waals surface area contributed by atoms with Crippen LogP contribution >= 0.6 is 11.6 Å². The summed E-state index contributed by atoms with van der Waals surface area (Å²) in [6.45, 7) is 0. The molecule has 5 rings (SSSR count). The SMILES string of the molecule is O=C(Nc1ccc(Cl)c(-c2nccc3ccccc23)c1)c1ccc(NC(=O)C2CC2)cc1. The van der Waals surface area contributed by atoms with Crippen LogP contribution in [0.1, 0.15) is 23.2 Å². The van der Waals surface area contributed by atoms with E-state index in [-0.39, 0.29) is 17.7 Å². The Hall–Kier alpha value is -3.70. The van der Waals surface area contributed by atoms with E-state index in [1.54, 1.807) is 42.6 Å². The third-order valence-corrected chi connectivity index (χ3v) is 5.85. The molecular weight excluding hydrogens is 422 g/mol. The maximum atomic E-state index is 12.8. The van der Waals surface area contributed by atoms with Crippen LogP contribution in [0.4, 0.5) is 11.4 Å². The lowest BCUT2D eigenvalue weighted by molar-refractivity contribution is -0.117. The molecule has 1 saturated carbocycles. The highest BCUT2D eigenvalue weighted by Gasteiger charge is 2.29. The zero-order chi connectivity index (χ0) is 22.1. The zero-order valence-electron chi connectivity index (χ0n) is 17.1. The molecule has 2 amide bonds. The van der Waals surface area contributed by atoms with Gasteiger partial charge in [0.15, 0.2) is 0 Å². The normalized spacial score (nSPS) is 13.0. The molecule has 0 bridgehead atoms. The molecule has 1 heterocycles. The number of amides is 2. The van der Waals surface area contributed by atoms with E-state index in [0.717, 1.165) is 34.9 Å². The molecule has 0 spiro atoms.